The summed E-state index contributed by atoms with van der Waals surface area (Å²) < 4.78 is 25.8. The standard InChI is InChI=1S/C24H31NO6.C15H21NO4/c1-28-20-14-18(15-21(16-20)29-2)17-31-22(12-8-5-9-13-23(26)30-3)24(27)25-19-10-6-4-7-11-19;1-20-14(18)11-7-3-6-10-13(17)15(19)16-12-8-4-2-5-9-12/h4,6-7,10-11,14-16,22H,5,8-9,12-13,17H2,1-3H3,(H,25,27);2,4-5,8-9,13,17H,3,6-7,10-11H2,1H3,(H,16,19). The van der Waals surface area contributed by atoms with E-state index in [9.17, 15) is 24.3 Å². The normalized spacial score (nSPS) is 11.5. The SMILES string of the molecule is COC(=O)CCCCCC(O)C(=O)Nc1ccccc1.COC(=O)CCCCCC(OCc1cc(OC)cc(OC)c1)C(=O)Nc1ccccc1. The summed E-state index contributed by atoms with van der Waals surface area (Å²) in [5.41, 5.74) is 2.23. The highest BCUT2D eigenvalue weighted by Crippen LogP contribution is 2.24. The summed E-state index contributed by atoms with van der Waals surface area (Å²) in [4.78, 5) is 46.7. The molecule has 0 bridgehead atoms. The van der Waals surface area contributed by atoms with Crippen LogP contribution in [0.2, 0.25) is 0 Å². The van der Waals surface area contributed by atoms with E-state index in [0.29, 0.717) is 62.1 Å². The molecule has 3 N–H and O–H groups in total. The van der Waals surface area contributed by atoms with Crippen molar-refractivity contribution in [2.75, 3.05) is 39.1 Å². The lowest BCUT2D eigenvalue weighted by Crippen LogP contribution is -2.30. The van der Waals surface area contributed by atoms with Crippen LogP contribution >= 0.6 is 0 Å². The van der Waals surface area contributed by atoms with E-state index in [2.05, 4.69) is 20.1 Å². The summed E-state index contributed by atoms with van der Waals surface area (Å²) in [6.45, 7) is 0.239. The third kappa shape index (κ3) is 18.0. The number of para-hydroxylation sites is 2. The third-order valence-corrected chi connectivity index (χ3v) is 7.70. The lowest BCUT2D eigenvalue weighted by Gasteiger charge is -2.18. The van der Waals surface area contributed by atoms with Gasteiger partial charge in [0.15, 0.2) is 0 Å². The summed E-state index contributed by atoms with van der Waals surface area (Å²) >= 11 is 0. The topological polar surface area (TPSA) is 159 Å². The molecular weight excluding hydrogens is 656 g/mol. The lowest BCUT2D eigenvalue weighted by atomic mass is 10.1. The van der Waals surface area contributed by atoms with Gasteiger partial charge in [-0.2, -0.15) is 0 Å². The summed E-state index contributed by atoms with van der Waals surface area (Å²) in [6, 6.07) is 23.8. The number of hydrogen-bond acceptors (Lipinski definition) is 10. The molecule has 0 saturated carbocycles. The van der Waals surface area contributed by atoms with Gasteiger partial charge in [0.1, 0.15) is 23.7 Å². The van der Waals surface area contributed by atoms with E-state index in [1.54, 1.807) is 32.4 Å². The fourth-order valence-corrected chi connectivity index (χ4v) is 4.82. The number of anilines is 2. The van der Waals surface area contributed by atoms with Crippen LogP contribution in [-0.4, -0.2) is 69.5 Å². The van der Waals surface area contributed by atoms with Gasteiger partial charge in [-0.1, -0.05) is 62.1 Å². The van der Waals surface area contributed by atoms with Crippen LogP contribution in [-0.2, 0) is 40.0 Å². The van der Waals surface area contributed by atoms with Crippen molar-refractivity contribution in [3.8, 4) is 11.5 Å². The van der Waals surface area contributed by atoms with E-state index in [0.717, 1.165) is 30.5 Å². The third-order valence-electron chi connectivity index (χ3n) is 7.70. The molecule has 0 saturated heterocycles. The maximum atomic E-state index is 12.8. The Morgan fingerprint density at radius 3 is 1.55 bits per heavy atom. The van der Waals surface area contributed by atoms with Gasteiger partial charge in [0.2, 0.25) is 0 Å². The number of aliphatic hydroxyl groups excluding tert-OH is 1. The van der Waals surface area contributed by atoms with Crippen molar-refractivity contribution in [3.63, 3.8) is 0 Å². The number of aliphatic hydroxyl groups is 1. The van der Waals surface area contributed by atoms with Gasteiger partial charge in [-0.15, -0.1) is 0 Å². The van der Waals surface area contributed by atoms with Crippen molar-refractivity contribution >= 4 is 35.1 Å². The highest BCUT2D eigenvalue weighted by Gasteiger charge is 2.20. The van der Waals surface area contributed by atoms with Crippen molar-refractivity contribution in [3.05, 3.63) is 84.4 Å². The van der Waals surface area contributed by atoms with Gasteiger partial charge in [0.25, 0.3) is 11.8 Å². The predicted molar refractivity (Wildman–Crippen MR) is 194 cm³/mol. The Bertz CT molecular complexity index is 1430. The van der Waals surface area contributed by atoms with E-state index in [1.165, 1.54) is 14.2 Å². The number of hydrogen-bond donors (Lipinski definition) is 3. The number of carbonyl (C=O) groups excluding carboxylic acids is 4. The molecule has 3 rings (SSSR count). The first-order chi connectivity index (χ1) is 24.7. The van der Waals surface area contributed by atoms with E-state index in [-0.39, 0.29) is 24.5 Å². The van der Waals surface area contributed by atoms with Crippen molar-refractivity contribution < 1.29 is 48.0 Å². The van der Waals surface area contributed by atoms with Crippen LogP contribution in [0.15, 0.2) is 78.9 Å². The second-order valence-electron chi connectivity index (χ2n) is 11.6. The van der Waals surface area contributed by atoms with E-state index in [4.69, 9.17) is 14.2 Å². The van der Waals surface area contributed by atoms with Crippen LogP contribution in [0, 0.1) is 0 Å². The first-order valence-corrected chi connectivity index (χ1v) is 17.1. The quantitative estimate of drug-likeness (QED) is 0.0828. The van der Waals surface area contributed by atoms with Gasteiger partial charge in [-0.05, 0) is 67.6 Å². The molecule has 2 atom stereocenters. The van der Waals surface area contributed by atoms with Crippen LogP contribution in [0.1, 0.15) is 69.8 Å². The number of amides is 2. The molecule has 0 heterocycles. The smallest absolute Gasteiger partial charge is 0.305 e. The monoisotopic (exact) mass is 708 g/mol. The molecule has 2 unspecified atom stereocenters. The number of benzene rings is 3. The molecule has 0 aliphatic rings. The lowest BCUT2D eigenvalue weighted by molar-refractivity contribution is -0.141. The number of unbranched alkanes of at least 4 members (excludes halogenated alkanes) is 4. The first-order valence-electron chi connectivity index (χ1n) is 17.1. The molecule has 0 aliphatic carbocycles. The zero-order valence-corrected chi connectivity index (χ0v) is 30.1. The van der Waals surface area contributed by atoms with Crippen molar-refractivity contribution in [2.45, 2.75) is 83.0 Å². The Kier molecular flexibility index (Phi) is 20.8. The maximum absolute atomic E-state index is 12.8. The fraction of sp³-hybridized carbons (Fsp3) is 0.436. The Hall–Kier alpha value is -4.94. The minimum Gasteiger partial charge on any atom is -0.497 e. The number of rotatable bonds is 21. The van der Waals surface area contributed by atoms with Gasteiger partial charge < -0.3 is 39.4 Å². The molecule has 278 valence electrons. The van der Waals surface area contributed by atoms with Crippen LogP contribution < -0.4 is 20.1 Å². The molecule has 12 nitrogen and oxygen atoms in total. The highest BCUT2D eigenvalue weighted by molar-refractivity contribution is 5.94. The number of methoxy groups -OCH3 is 4. The van der Waals surface area contributed by atoms with Crippen molar-refractivity contribution in [1.29, 1.82) is 0 Å². The van der Waals surface area contributed by atoms with Gasteiger partial charge >= 0.3 is 11.9 Å². The molecule has 0 aliphatic heterocycles. The first kappa shape index (κ1) is 42.2. The van der Waals surface area contributed by atoms with Gasteiger partial charge in [-0.3, -0.25) is 19.2 Å². The zero-order valence-electron chi connectivity index (χ0n) is 30.1. The number of esters is 2. The minimum atomic E-state index is -1.02. The minimum absolute atomic E-state index is 0.200. The molecule has 0 aromatic heterocycles. The van der Waals surface area contributed by atoms with Crippen molar-refractivity contribution in [2.24, 2.45) is 0 Å². The fourth-order valence-electron chi connectivity index (χ4n) is 4.82. The Morgan fingerprint density at radius 1 is 0.608 bits per heavy atom. The summed E-state index contributed by atoms with van der Waals surface area (Å²) in [5, 5.41) is 15.3. The second kappa shape index (κ2) is 25.1. The molecule has 51 heavy (non-hydrogen) atoms. The van der Waals surface area contributed by atoms with Crippen molar-refractivity contribution in [1.82, 2.24) is 0 Å². The van der Waals surface area contributed by atoms with Crippen LogP contribution in [0.5, 0.6) is 11.5 Å². The molecule has 2 amide bonds. The molecule has 0 spiro atoms. The zero-order chi connectivity index (χ0) is 37.3. The second-order valence-corrected chi connectivity index (χ2v) is 11.6. The number of ether oxygens (including phenoxy) is 5. The molecule has 12 heteroatoms. The van der Waals surface area contributed by atoms with E-state index in [1.807, 2.05) is 60.7 Å². The number of nitrogens with one attached hydrogen (secondary N) is 2. The Labute approximate surface area is 300 Å². The molecule has 0 fully saturated rings. The summed E-state index contributed by atoms with van der Waals surface area (Å²) in [7, 11) is 5.92. The average Bonchev–Trinajstić information content (AvgIpc) is 3.16. The summed E-state index contributed by atoms with van der Waals surface area (Å²) in [5.74, 6) is 0.268. The van der Waals surface area contributed by atoms with Crippen LogP contribution in [0.25, 0.3) is 0 Å². The molecule has 3 aromatic carbocycles. The van der Waals surface area contributed by atoms with Crippen LogP contribution in [0.3, 0.4) is 0 Å². The Balaban J connectivity index is 0.000000389. The average molecular weight is 709 g/mol. The molecular formula is C39H52N2O10. The molecule has 0 radical (unpaired) electrons. The number of carbonyl (C=O) groups is 4. The van der Waals surface area contributed by atoms with Crippen LogP contribution in [0.4, 0.5) is 11.4 Å². The predicted octanol–water partition coefficient (Wildman–Crippen LogP) is 6.46. The van der Waals surface area contributed by atoms with Gasteiger partial charge in [0.05, 0.1) is 35.0 Å². The largest absolute Gasteiger partial charge is 0.497 e. The highest BCUT2D eigenvalue weighted by atomic mass is 16.5. The molecule has 3 aromatic rings. The van der Waals surface area contributed by atoms with E-state index < -0.39 is 18.1 Å². The van der Waals surface area contributed by atoms with E-state index >= 15 is 0 Å². The van der Waals surface area contributed by atoms with Gasteiger partial charge in [-0.25, -0.2) is 0 Å². The van der Waals surface area contributed by atoms with Gasteiger partial charge in [0, 0.05) is 30.3 Å². The summed E-state index contributed by atoms with van der Waals surface area (Å²) in [6.07, 6.45) is 4.50. The Morgan fingerprint density at radius 2 is 1.08 bits per heavy atom. The maximum Gasteiger partial charge on any atom is 0.305 e.